The highest BCUT2D eigenvalue weighted by Gasteiger charge is 2.39. The number of rotatable bonds is 1. The number of fused-ring (bicyclic) bond motifs is 3. The van der Waals surface area contributed by atoms with Crippen molar-refractivity contribution >= 4 is 26.7 Å². The van der Waals surface area contributed by atoms with Gasteiger partial charge in [-0.05, 0) is 31.9 Å². The molecule has 0 radical (unpaired) electrons. The Morgan fingerprint density at radius 2 is 2.05 bits per heavy atom. The first-order chi connectivity index (χ1) is 9.24. The van der Waals surface area contributed by atoms with Crippen LogP contribution in [-0.4, -0.2) is 30.3 Å². The summed E-state index contributed by atoms with van der Waals surface area (Å²) >= 11 is 1.67. The lowest BCUT2D eigenvalue weighted by Crippen LogP contribution is -2.45. The predicted octanol–water partition coefficient (Wildman–Crippen LogP) is 3.11. The molecule has 19 heavy (non-hydrogen) atoms. The summed E-state index contributed by atoms with van der Waals surface area (Å²) in [6.45, 7) is 3.38. The van der Waals surface area contributed by atoms with Crippen LogP contribution in [0, 0.1) is 12.7 Å². The van der Waals surface area contributed by atoms with E-state index in [-0.39, 0.29) is 5.82 Å². The van der Waals surface area contributed by atoms with Crippen molar-refractivity contribution in [3.63, 3.8) is 0 Å². The van der Waals surface area contributed by atoms with Gasteiger partial charge < -0.3 is 9.64 Å². The van der Waals surface area contributed by atoms with Gasteiger partial charge in [-0.3, -0.25) is 0 Å². The summed E-state index contributed by atoms with van der Waals surface area (Å²) in [5.41, 5.74) is 1.46. The zero-order valence-corrected chi connectivity index (χ0v) is 11.5. The van der Waals surface area contributed by atoms with Gasteiger partial charge in [0.2, 0.25) is 0 Å². The van der Waals surface area contributed by atoms with Crippen LogP contribution in [0.1, 0.15) is 18.4 Å². The Balaban J connectivity index is 1.82. The highest BCUT2D eigenvalue weighted by Crippen LogP contribution is 2.39. The number of ether oxygens (including phenoxy) is 1. The summed E-state index contributed by atoms with van der Waals surface area (Å²) in [6, 6.07) is 4.27. The quantitative estimate of drug-likeness (QED) is 0.801. The van der Waals surface area contributed by atoms with Crippen LogP contribution in [0.2, 0.25) is 0 Å². The van der Waals surface area contributed by atoms with Crippen molar-refractivity contribution in [3.05, 3.63) is 23.5 Å². The van der Waals surface area contributed by atoms with E-state index in [1.54, 1.807) is 18.3 Å². The Morgan fingerprint density at radius 3 is 2.79 bits per heavy atom. The third kappa shape index (κ3) is 1.68. The van der Waals surface area contributed by atoms with Crippen molar-refractivity contribution in [2.75, 3.05) is 18.1 Å². The molecule has 2 saturated heterocycles. The van der Waals surface area contributed by atoms with Crippen LogP contribution in [-0.2, 0) is 4.74 Å². The standard InChI is InChI=1S/C14H15FN2OS/c1-8-11(15)4-5-12-13(8)16-14(19-12)17-9-2-3-10(17)7-18-6-9/h4-5,9-10H,2-3,6-7H2,1H3. The van der Waals surface area contributed by atoms with Crippen LogP contribution in [0.3, 0.4) is 0 Å². The minimum absolute atomic E-state index is 0.172. The summed E-state index contributed by atoms with van der Waals surface area (Å²) in [6.07, 6.45) is 2.35. The molecule has 1 aromatic carbocycles. The summed E-state index contributed by atoms with van der Waals surface area (Å²) in [4.78, 5) is 7.08. The summed E-state index contributed by atoms with van der Waals surface area (Å²) in [5.74, 6) is -0.172. The molecule has 0 saturated carbocycles. The molecule has 2 bridgehead atoms. The largest absolute Gasteiger partial charge is 0.377 e. The number of hydrogen-bond donors (Lipinski definition) is 0. The molecule has 2 fully saturated rings. The monoisotopic (exact) mass is 278 g/mol. The first kappa shape index (κ1) is 11.6. The number of halogens is 1. The lowest BCUT2D eigenvalue weighted by molar-refractivity contribution is 0.0906. The normalized spacial score (nSPS) is 26.3. The Labute approximate surface area is 115 Å². The SMILES string of the molecule is Cc1c(F)ccc2sc(N3C4CCC3COC4)nc12. The van der Waals surface area contributed by atoms with E-state index in [4.69, 9.17) is 4.74 Å². The van der Waals surface area contributed by atoms with Crippen LogP contribution >= 0.6 is 11.3 Å². The van der Waals surface area contributed by atoms with Gasteiger partial charge in [-0.25, -0.2) is 9.37 Å². The number of nitrogens with zero attached hydrogens (tertiary/aromatic N) is 2. The highest BCUT2D eigenvalue weighted by molar-refractivity contribution is 7.22. The number of benzene rings is 1. The van der Waals surface area contributed by atoms with Crippen LogP contribution in [0.25, 0.3) is 10.2 Å². The fraction of sp³-hybridized carbons (Fsp3) is 0.500. The zero-order valence-electron chi connectivity index (χ0n) is 10.7. The van der Waals surface area contributed by atoms with E-state index in [0.29, 0.717) is 17.6 Å². The van der Waals surface area contributed by atoms with Crippen LogP contribution in [0.15, 0.2) is 12.1 Å². The minimum atomic E-state index is -0.172. The van der Waals surface area contributed by atoms with Crippen LogP contribution in [0.5, 0.6) is 0 Å². The average molecular weight is 278 g/mol. The van der Waals surface area contributed by atoms with Crippen molar-refractivity contribution in [3.8, 4) is 0 Å². The van der Waals surface area contributed by atoms with Gasteiger partial charge in [0, 0.05) is 5.56 Å². The van der Waals surface area contributed by atoms with E-state index >= 15 is 0 Å². The molecule has 1 aromatic heterocycles. The Morgan fingerprint density at radius 1 is 1.32 bits per heavy atom. The number of anilines is 1. The lowest BCUT2D eigenvalue weighted by Gasteiger charge is -2.34. The number of aromatic nitrogens is 1. The molecule has 0 amide bonds. The maximum absolute atomic E-state index is 13.6. The molecule has 0 spiro atoms. The molecule has 0 aliphatic carbocycles. The van der Waals surface area contributed by atoms with Gasteiger partial charge in [0.15, 0.2) is 5.13 Å². The lowest BCUT2D eigenvalue weighted by atomic mass is 10.2. The molecule has 0 N–H and O–H groups in total. The summed E-state index contributed by atoms with van der Waals surface area (Å²) in [7, 11) is 0. The third-order valence-electron chi connectivity index (χ3n) is 4.20. The molecule has 5 heteroatoms. The number of morpholine rings is 1. The van der Waals surface area contributed by atoms with Crippen molar-refractivity contribution in [2.45, 2.75) is 31.8 Å². The van der Waals surface area contributed by atoms with Crippen molar-refractivity contribution in [2.24, 2.45) is 0 Å². The van der Waals surface area contributed by atoms with E-state index in [2.05, 4.69) is 9.88 Å². The Bertz CT molecular complexity index is 626. The molecular formula is C14H15FN2OS. The van der Waals surface area contributed by atoms with E-state index in [1.807, 2.05) is 6.07 Å². The molecule has 2 aliphatic heterocycles. The molecule has 2 aliphatic rings. The molecule has 2 aromatic rings. The summed E-state index contributed by atoms with van der Waals surface area (Å²) in [5, 5.41) is 1.03. The van der Waals surface area contributed by atoms with E-state index in [9.17, 15) is 4.39 Å². The van der Waals surface area contributed by atoms with Gasteiger partial charge in [-0.15, -0.1) is 0 Å². The Kier molecular flexibility index (Phi) is 2.53. The first-order valence-corrected chi connectivity index (χ1v) is 7.47. The minimum Gasteiger partial charge on any atom is -0.377 e. The van der Waals surface area contributed by atoms with Gasteiger partial charge in [0.05, 0.1) is 35.5 Å². The topological polar surface area (TPSA) is 25.4 Å². The van der Waals surface area contributed by atoms with Gasteiger partial charge >= 0.3 is 0 Å². The smallest absolute Gasteiger partial charge is 0.187 e. The first-order valence-electron chi connectivity index (χ1n) is 6.66. The number of aryl methyl sites for hydroxylation is 1. The van der Waals surface area contributed by atoms with Crippen molar-refractivity contribution in [1.82, 2.24) is 4.98 Å². The van der Waals surface area contributed by atoms with E-state index in [0.717, 1.165) is 28.6 Å². The van der Waals surface area contributed by atoms with E-state index in [1.165, 1.54) is 18.9 Å². The van der Waals surface area contributed by atoms with Crippen molar-refractivity contribution in [1.29, 1.82) is 0 Å². The fourth-order valence-electron chi connectivity index (χ4n) is 3.14. The van der Waals surface area contributed by atoms with Gasteiger partial charge in [-0.1, -0.05) is 11.3 Å². The van der Waals surface area contributed by atoms with Crippen LogP contribution < -0.4 is 4.90 Å². The predicted molar refractivity (Wildman–Crippen MR) is 74.4 cm³/mol. The van der Waals surface area contributed by atoms with Gasteiger partial charge in [-0.2, -0.15) is 0 Å². The second-order valence-corrected chi connectivity index (χ2v) is 6.35. The maximum atomic E-state index is 13.6. The fourth-order valence-corrected chi connectivity index (χ4v) is 4.31. The maximum Gasteiger partial charge on any atom is 0.187 e. The molecule has 3 heterocycles. The second kappa shape index (κ2) is 4.15. The second-order valence-electron chi connectivity index (χ2n) is 5.35. The molecule has 100 valence electrons. The summed E-state index contributed by atoms with van der Waals surface area (Å²) < 4.78 is 20.3. The van der Waals surface area contributed by atoms with Gasteiger partial charge in [0.25, 0.3) is 0 Å². The number of thiazole rings is 1. The molecule has 4 rings (SSSR count). The highest BCUT2D eigenvalue weighted by atomic mass is 32.1. The molecule has 3 nitrogen and oxygen atoms in total. The molecular weight excluding hydrogens is 263 g/mol. The molecule has 2 atom stereocenters. The van der Waals surface area contributed by atoms with E-state index < -0.39 is 0 Å². The number of hydrogen-bond acceptors (Lipinski definition) is 4. The average Bonchev–Trinajstić information content (AvgIpc) is 2.93. The molecule has 2 unspecified atom stereocenters. The third-order valence-corrected chi connectivity index (χ3v) is 5.23. The zero-order chi connectivity index (χ0) is 13.0. The van der Waals surface area contributed by atoms with Gasteiger partial charge in [0.1, 0.15) is 5.82 Å². The van der Waals surface area contributed by atoms with Crippen molar-refractivity contribution < 1.29 is 9.13 Å². The Hall–Kier alpha value is -1.20. The van der Waals surface area contributed by atoms with Crippen LogP contribution in [0.4, 0.5) is 9.52 Å².